The molecule has 0 unspecified atom stereocenters. The van der Waals surface area contributed by atoms with E-state index in [9.17, 15) is 5.11 Å². The first kappa shape index (κ1) is 13.6. The van der Waals surface area contributed by atoms with Crippen molar-refractivity contribution in [2.45, 2.75) is 6.92 Å². The maximum absolute atomic E-state index is 10.1. The van der Waals surface area contributed by atoms with E-state index in [2.05, 4.69) is 4.98 Å². The zero-order valence-electron chi connectivity index (χ0n) is 11.8. The highest BCUT2D eigenvalue weighted by Gasteiger charge is 2.13. The Hall–Kier alpha value is -2.33. The number of hydrogen-bond donors (Lipinski definition) is 1. The molecule has 0 aliphatic rings. The van der Waals surface area contributed by atoms with Gasteiger partial charge in [0.2, 0.25) is 5.88 Å². The Morgan fingerprint density at radius 2 is 1.57 bits per heavy atom. The van der Waals surface area contributed by atoms with E-state index in [0.29, 0.717) is 0 Å². The molecule has 1 N–H and O–H groups in total. The molecule has 0 bridgehead atoms. The molecule has 106 valence electrons. The molecular weight excluding hydrogens is 282 g/mol. The third kappa shape index (κ3) is 2.76. The molecule has 21 heavy (non-hydrogen) atoms. The second-order valence-electron chi connectivity index (χ2n) is 4.77. The lowest BCUT2D eigenvalue weighted by Crippen LogP contribution is -1.81. The average molecular weight is 297 g/mol. The smallest absolute Gasteiger partial charge is 0.230 e. The minimum absolute atomic E-state index is 0.0701. The number of aromatic nitrogens is 1. The number of methoxy groups -OCH3 is 1. The molecule has 0 aliphatic carbocycles. The topological polar surface area (TPSA) is 42.4 Å². The Bertz CT molecular complexity index is 745. The zero-order chi connectivity index (χ0) is 14.8. The number of aryl methyl sites for hydroxylation is 1. The summed E-state index contributed by atoms with van der Waals surface area (Å²) in [5.74, 6) is 0.863. The van der Waals surface area contributed by atoms with E-state index in [1.54, 1.807) is 7.11 Å². The van der Waals surface area contributed by atoms with Crippen molar-refractivity contribution >= 4 is 11.3 Å². The highest BCUT2D eigenvalue weighted by molar-refractivity contribution is 7.18. The minimum atomic E-state index is 0.0701. The standard InChI is InChI=1S/C17H15NO2S/c1-11-3-5-13(6-4-11)17-18-16(19)15(21-17)12-7-9-14(20-2)10-8-12/h3-10,19H,1-2H3. The highest BCUT2D eigenvalue weighted by Crippen LogP contribution is 2.39. The van der Waals surface area contributed by atoms with E-state index in [4.69, 9.17) is 4.74 Å². The van der Waals surface area contributed by atoms with Gasteiger partial charge in [-0.25, -0.2) is 4.98 Å². The molecule has 3 aromatic rings. The van der Waals surface area contributed by atoms with E-state index >= 15 is 0 Å². The van der Waals surface area contributed by atoms with Gasteiger partial charge in [0.05, 0.1) is 12.0 Å². The Labute approximate surface area is 127 Å². The predicted molar refractivity (Wildman–Crippen MR) is 85.9 cm³/mol. The van der Waals surface area contributed by atoms with Crippen molar-refractivity contribution in [3.05, 3.63) is 54.1 Å². The normalized spacial score (nSPS) is 10.6. The van der Waals surface area contributed by atoms with Crippen LogP contribution in [0, 0.1) is 6.92 Å². The third-order valence-corrected chi connectivity index (χ3v) is 4.40. The quantitative estimate of drug-likeness (QED) is 0.774. The summed E-state index contributed by atoms with van der Waals surface area (Å²) < 4.78 is 5.15. The van der Waals surface area contributed by atoms with Gasteiger partial charge in [-0.15, -0.1) is 11.3 Å². The lowest BCUT2D eigenvalue weighted by Gasteiger charge is -2.01. The molecule has 0 spiro atoms. The van der Waals surface area contributed by atoms with Gasteiger partial charge < -0.3 is 9.84 Å². The molecular formula is C17H15NO2S. The Morgan fingerprint density at radius 1 is 0.952 bits per heavy atom. The summed E-state index contributed by atoms with van der Waals surface area (Å²) in [5.41, 5.74) is 3.15. The first-order valence-corrected chi connectivity index (χ1v) is 7.40. The number of thiazole rings is 1. The van der Waals surface area contributed by atoms with Crippen LogP contribution >= 0.6 is 11.3 Å². The van der Waals surface area contributed by atoms with Gasteiger partial charge in [-0.3, -0.25) is 0 Å². The maximum atomic E-state index is 10.1. The summed E-state index contributed by atoms with van der Waals surface area (Å²) in [6.45, 7) is 2.05. The van der Waals surface area contributed by atoms with Crippen molar-refractivity contribution in [3.8, 4) is 32.6 Å². The summed E-state index contributed by atoms with van der Waals surface area (Å²) in [4.78, 5) is 5.04. The Kier molecular flexibility index (Phi) is 3.62. The van der Waals surface area contributed by atoms with Crippen LogP contribution in [-0.2, 0) is 0 Å². The molecule has 3 nitrogen and oxygen atoms in total. The van der Waals surface area contributed by atoms with Gasteiger partial charge in [-0.2, -0.15) is 0 Å². The lowest BCUT2D eigenvalue weighted by atomic mass is 10.2. The second-order valence-corrected chi connectivity index (χ2v) is 5.77. The fraction of sp³-hybridized carbons (Fsp3) is 0.118. The summed E-state index contributed by atoms with van der Waals surface area (Å²) >= 11 is 1.48. The van der Waals surface area contributed by atoms with E-state index in [1.165, 1.54) is 16.9 Å². The van der Waals surface area contributed by atoms with Gasteiger partial charge in [-0.05, 0) is 36.8 Å². The first-order valence-electron chi connectivity index (χ1n) is 6.58. The van der Waals surface area contributed by atoms with Gasteiger partial charge in [-0.1, -0.05) is 29.8 Å². The van der Waals surface area contributed by atoms with E-state index in [-0.39, 0.29) is 5.88 Å². The molecule has 2 aromatic carbocycles. The van der Waals surface area contributed by atoms with Crippen LogP contribution in [0.5, 0.6) is 11.6 Å². The van der Waals surface area contributed by atoms with Crippen molar-refractivity contribution in [2.24, 2.45) is 0 Å². The number of aromatic hydroxyl groups is 1. The van der Waals surface area contributed by atoms with Crippen LogP contribution in [0.1, 0.15) is 5.56 Å². The van der Waals surface area contributed by atoms with Crippen LogP contribution < -0.4 is 4.74 Å². The van der Waals surface area contributed by atoms with Crippen molar-refractivity contribution in [3.63, 3.8) is 0 Å². The number of benzene rings is 2. The summed E-state index contributed by atoms with van der Waals surface area (Å²) in [6.07, 6.45) is 0. The average Bonchev–Trinajstić information content (AvgIpc) is 2.90. The molecule has 3 rings (SSSR count). The van der Waals surface area contributed by atoms with Gasteiger partial charge in [0.15, 0.2) is 0 Å². The highest BCUT2D eigenvalue weighted by atomic mass is 32.1. The second kappa shape index (κ2) is 5.58. The molecule has 4 heteroatoms. The van der Waals surface area contributed by atoms with E-state index < -0.39 is 0 Å². The number of hydrogen-bond acceptors (Lipinski definition) is 4. The Balaban J connectivity index is 1.98. The van der Waals surface area contributed by atoms with Crippen LogP contribution in [0.25, 0.3) is 21.0 Å². The zero-order valence-corrected chi connectivity index (χ0v) is 12.6. The van der Waals surface area contributed by atoms with Gasteiger partial charge in [0.25, 0.3) is 0 Å². The number of nitrogens with zero attached hydrogens (tertiary/aromatic N) is 1. The van der Waals surface area contributed by atoms with E-state index in [1.807, 2.05) is 55.5 Å². The predicted octanol–water partition coefficient (Wildman–Crippen LogP) is 4.50. The maximum Gasteiger partial charge on any atom is 0.230 e. The lowest BCUT2D eigenvalue weighted by molar-refractivity contribution is 0.415. The van der Waals surface area contributed by atoms with E-state index in [0.717, 1.165) is 26.8 Å². The van der Waals surface area contributed by atoms with Crippen LogP contribution in [0.2, 0.25) is 0 Å². The van der Waals surface area contributed by atoms with Crippen LogP contribution in [0.3, 0.4) is 0 Å². The fourth-order valence-corrected chi connectivity index (χ4v) is 3.03. The van der Waals surface area contributed by atoms with Crippen molar-refractivity contribution in [2.75, 3.05) is 7.11 Å². The largest absolute Gasteiger partial charge is 0.497 e. The summed E-state index contributed by atoms with van der Waals surface area (Å²) in [5, 5.41) is 10.9. The molecule has 0 atom stereocenters. The molecule has 0 fully saturated rings. The SMILES string of the molecule is COc1ccc(-c2sc(-c3ccc(C)cc3)nc2O)cc1. The molecule has 1 heterocycles. The summed E-state index contributed by atoms with van der Waals surface area (Å²) in [7, 11) is 1.63. The van der Waals surface area contributed by atoms with Crippen molar-refractivity contribution in [1.82, 2.24) is 4.98 Å². The Morgan fingerprint density at radius 3 is 2.19 bits per heavy atom. The van der Waals surface area contributed by atoms with Crippen LogP contribution in [0.4, 0.5) is 0 Å². The molecule has 0 saturated heterocycles. The molecule has 0 aliphatic heterocycles. The molecule has 0 radical (unpaired) electrons. The molecule has 1 aromatic heterocycles. The van der Waals surface area contributed by atoms with Crippen molar-refractivity contribution < 1.29 is 9.84 Å². The summed E-state index contributed by atoms with van der Waals surface area (Å²) in [6, 6.07) is 15.7. The number of ether oxygens (including phenoxy) is 1. The van der Waals surface area contributed by atoms with Gasteiger partial charge >= 0.3 is 0 Å². The number of rotatable bonds is 3. The first-order chi connectivity index (χ1) is 10.2. The fourth-order valence-electron chi connectivity index (χ4n) is 2.06. The van der Waals surface area contributed by atoms with Gasteiger partial charge in [0.1, 0.15) is 10.8 Å². The molecule has 0 amide bonds. The van der Waals surface area contributed by atoms with Crippen molar-refractivity contribution in [1.29, 1.82) is 0 Å². The molecule has 0 saturated carbocycles. The van der Waals surface area contributed by atoms with Crippen LogP contribution in [0.15, 0.2) is 48.5 Å². The monoisotopic (exact) mass is 297 g/mol. The third-order valence-electron chi connectivity index (χ3n) is 3.26. The van der Waals surface area contributed by atoms with Crippen LogP contribution in [-0.4, -0.2) is 17.2 Å². The van der Waals surface area contributed by atoms with Gasteiger partial charge in [0, 0.05) is 5.56 Å². The minimum Gasteiger partial charge on any atom is -0.497 e.